The quantitative estimate of drug-likeness (QED) is 0.657. The van der Waals surface area contributed by atoms with E-state index in [4.69, 9.17) is 5.73 Å². The van der Waals surface area contributed by atoms with Crippen molar-refractivity contribution < 1.29 is 4.79 Å². The molecule has 3 N–H and O–H groups in total. The van der Waals surface area contributed by atoms with Gasteiger partial charge in [-0.25, -0.2) is 9.97 Å². The first-order valence-corrected chi connectivity index (χ1v) is 10.6. The second kappa shape index (κ2) is 8.44. The average Bonchev–Trinajstić information content (AvgIpc) is 2.98. The van der Waals surface area contributed by atoms with E-state index in [1.165, 1.54) is 40.1 Å². The van der Waals surface area contributed by atoms with Crippen LogP contribution in [0.25, 0.3) is 10.9 Å². The summed E-state index contributed by atoms with van der Waals surface area (Å²) in [6.07, 6.45) is 5.21. The molecule has 1 saturated heterocycles. The van der Waals surface area contributed by atoms with Gasteiger partial charge in [0.05, 0.1) is 5.56 Å². The summed E-state index contributed by atoms with van der Waals surface area (Å²) in [4.78, 5) is 21.9. The molecule has 0 aliphatic carbocycles. The van der Waals surface area contributed by atoms with Crippen molar-refractivity contribution in [2.45, 2.75) is 33.2 Å². The maximum absolute atomic E-state index is 11.2. The molecule has 1 amide bonds. The predicted octanol–water partition coefficient (Wildman–Crippen LogP) is 2.69. The molecule has 1 fully saturated rings. The number of fused-ring (bicyclic) bond motifs is 1. The fourth-order valence-corrected chi connectivity index (χ4v) is 4.34. The lowest BCUT2D eigenvalue weighted by Crippen LogP contribution is -2.38. The van der Waals surface area contributed by atoms with Crippen molar-refractivity contribution in [3.05, 3.63) is 53.0 Å². The van der Waals surface area contributed by atoms with E-state index in [2.05, 4.69) is 63.8 Å². The van der Waals surface area contributed by atoms with Crippen molar-refractivity contribution in [1.29, 1.82) is 0 Å². The number of hydrogen-bond acceptors (Lipinski definition) is 5. The van der Waals surface area contributed by atoms with Crippen molar-refractivity contribution in [2.24, 2.45) is 18.7 Å². The number of hydrogen-bond donors (Lipinski definition) is 2. The Hall–Kier alpha value is -2.93. The molecule has 1 aliphatic rings. The van der Waals surface area contributed by atoms with Gasteiger partial charge in [0.1, 0.15) is 0 Å². The molecule has 0 radical (unpaired) electrons. The van der Waals surface area contributed by atoms with Gasteiger partial charge in [-0.05, 0) is 56.8 Å². The maximum Gasteiger partial charge on any atom is 0.251 e. The van der Waals surface area contributed by atoms with Gasteiger partial charge in [-0.15, -0.1) is 0 Å². The molecule has 3 aromatic rings. The SMILES string of the molecule is Cc1ccc2c(c1)c(CNCC1CCN(c3ncc(C(N)=O)cn3)CC1)c(C)n2C. The summed E-state index contributed by atoms with van der Waals surface area (Å²) < 4.78 is 2.29. The van der Waals surface area contributed by atoms with E-state index in [-0.39, 0.29) is 0 Å². The van der Waals surface area contributed by atoms with Crippen LogP contribution in [0, 0.1) is 19.8 Å². The molecule has 7 heteroatoms. The zero-order chi connectivity index (χ0) is 21.3. The minimum atomic E-state index is -0.497. The summed E-state index contributed by atoms with van der Waals surface area (Å²) >= 11 is 0. The highest BCUT2D eigenvalue weighted by atomic mass is 16.1. The lowest BCUT2D eigenvalue weighted by atomic mass is 9.97. The first-order valence-electron chi connectivity index (χ1n) is 10.6. The van der Waals surface area contributed by atoms with Gasteiger partial charge in [-0.1, -0.05) is 11.6 Å². The summed E-state index contributed by atoms with van der Waals surface area (Å²) in [5, 5.41) is 5.05. The van der Waals surface area contributed by atoms with E-state index in [1.807, 2.05) is 0 Å². The molecule has 4 rings (SSSR count). The zero-order valence-corrected chi connectivity index (χ0v) is 18.0. The van der Waals surface area contributed by atoms with Crippen LogP contribution in [0.3, 0.4) is 0 Å². The van der Waals surface area contributed by atoms with E-state index in [0.717, 1.165) is 39.0 Å². The van der Waals surface area contributed by atoms with Gasteiger partial charge in [0.25, 0.3) is 5.91 Å². The Kier molecular flexibility index (Phi) is 5.72. The Morgan fingerprint density at radius 1 is 1.20 bits per heavy atom. The summed E-state index contributed by atoms with van der Waals surface area (Å²) in [6, 6.07) is 6.69. The summed E-state index contributed by atoms with van der Waals surface area (Å²) in [7, 11) is 2.14. The van der Waals surface area contributed by atoms with Gasteiger partial charge < -0.3 is 20.5 Å². The molecule has 0 bridgehead atoms. The first-order chi connectivity index (χ1) is 14.4. The number of rotatable bonds is 6. The second-order valence-electron chi connectivity index (χ2n) is 8.34. The predicted molar refractivity (Wildman–Crippen MR) is 120 cm³/mol. The highest BCUT2D eigenvalue weighted by Gasteiger charge is 2.21. The van der Waals surface area contributed by atoms with E-state index in [0.29, 0.717) is 17.4 Å². The number of benzene rings is 1. The van der Waals surface area contributed by atoms with E-state index >= 15 is 0 Å². The number of carbonyl (C=O) groups excluding carboxylic acids is 1. The van der Waals surface area contributed by atoms with Crippen molar-refractivity contribution >= 4 is 22.8 Å². The van der Waals surface area contributed by atoms with Gasteiger partial charge in [0.2, 0.25) is 5.95 Å². The number of nitrogens with zero attached hydrogens (tertiary/aromatic N) is 4. The van der Waals surface area contributed by atoms with E-state index in [1.54, 1.807) is 0 Å². The lowest BCUT2D eigenvalue weighted by Gasteiger charge is -2.32. The first kappa shape index (κ1) is 20.3. The van der Waals surface area contributed by atoms with Crippen LogP contribution in [0.1, 0.15) is 40.0 Å². The molecule has 30 heavy (non-hydrogen) atoms. The van der Waals surface area contributed by atoms with Crippen LogP contribution in [-0.2, 0) is 13.6 Å². The Morgan fingerprint density at radius 3 is 2.57 bits per heavy atom. The largest absolute Gasteiger partial charge is 0.366 e. The minimum absolute atomic E-state index is 0.344. The molecule has 7 nitrogen and oxygen atoms in total. The Labute approximate surface area is 177 Å². The molecule has 158 valence electrons. The van der Waals surface area contributed by atoms with E-state index < -0.39 is 5.91 Å². The number of nitrogens with one attached hydrogen (secondary N) is 1. The fraction of sp³-hybridized carbons (Fsp3) is 0.435. The normalized spacial score (nSPS) is 15.1. The third-order valence-corrected chi connectivity index (χ3v) is 6.33. The molecule has 0 atom stereocenters. The number of primary amides is 1. The lowest BCUT2D eigenvalue weighted by molar-refractivity contribution is 0.0999. The number of nitrogens with two attached hydrogens (primary N) is 1. The number of carbonyl (C=O) groups is 1. The van der Waals surface area contributed by atoms with Crippen molar-refractivity contribution in [3.8, 4) is 0 Å². The van der Waals surface area contributed by atoms with Gasteiger partial charge in [-0.3, -0.25) is 4.79 Å². The van der Waals surface area contributed by atoms with Crippen LogP contribution in [-0.4, -0.2) is 40.1 Å². The molecule has 0 unspecified atom stereocenters. The van der Waals surface area contributed by atoms with Crippen molar-refractivity contribution in [1.82, 2.24) is 19.9 Å². The molecule has 0 saturated carbocycles. The van der Waals surface area contributed by atoms with Gasteiger partial charge in [-0.2, -0.15) is 0 Å². The number of amides is 1. The molecule has 1 aliphatic heterocycles. The fourth-order valence-electron chi connectivity index (χ4n) is 4.34. The van der Waals surface area contributed by atoms with Gasteiger partial charge in [0.15, 0.2) is 0 Å². The van der Waals surface area contributed by atoms with Crippen LogP contribution >= 0.6 is 0 Å². The molecular weight excluding hydrogens is 376 g/mol. The summed E-state index contributed by atoms with van der Waals surface area (Å²) in [6.45, 7) is 8.11. The molecule has 2 aromatic heterocycles. The van der Waals surface area contributed by atoms with Crippen LogP contribution in [0.4, 0.5) is 5.95 Å². The minimum Gasteiger partial charge on any atom is -0.366 e. The smallest absolute Gasteiger partial charge is 0.251 e. The Morgan fingerprint density at radius 2 is 1.90 bits per heavy atom. The van der Waals surface area contributed by atoms with Crippen LogP contribution in [0.5, 0.6) is 0 Å². The number of aromatic nitrogens is 3. The zero-order valence-electron chi connectivity index (χ0n) is 18.0. The third-order valence-electron chi connectivity index (χ3n) is 6.33. The Balaban J connectivity index is 1.31. The molecule has 0 spiro atoms. The highest BCUT2D eigenvalue weighted by molar-refractivity contribution is 5.92. The number of anilines is 1. The monoisotopic (exact) mass is 406 g/mol. The van der Waals surface area contributed by atoms with Gasteiger partial charge >= 0.3 is 0 Å². The molecule has 3 heterocycles. The standard InChI is InChI=1S/C23H30N6O/c1-15-4-5-21-19(10-15)20(16(2)28(21)3)14-25-11-17-6-8-29(9-7-17)23-26-12-18(13-27-23)22(24)30/h4-5,10,12-13,17,25H,6-9,11,14H2,1-3H3,(H2,24,30). The summed E-state index contributed by atoms with van der Waals surface area (Å²) in [5.74, 6) is 0.819. The van der Waals surface area contributed by atoms with Gasteiger partial charge in [0, 0.05) is 55.7 Å². The van der Waals surface area contributed by atoms with Crippen LogP contribution < -0.4 is 16.0 Å². The molecular formula is C23H30N6O. The van der Waals surface area contributed by atoms with Crippen molar-refractivity contribution in [3.63, 3.8) is 0 Å². The second-order valence-corrected chi connectivity index (χ2v) is 8.34. The number of piperidine rings is 1. The van der Waals surface area contributed by atoms with Crippen LogP contribution in [0.15, 0.2) is 30.6 Å². The van der Waals surface area contributed by atoms with E-state index in [9.17, 15) is 4.79 Å². The Bertz CT molecular complexity index is 1050. The maximum atomic E-state index is 11.2. The summed E-state index contributed by atoms with van der Waals surface area (Å²) in [5.41, 5.74) is 10.9. The van der Waals surface area contributed by atoms with Crippen molar-refractivity contribution in [2.75, 3.05) is 24.5 Å². The highest BCUT2D eigenvalue weighted by Crippen LogP contribution is 2.26. The topological polar surface area (TPSA) is 89.1 Å². The average molecular weight is 407 g/mol. The molecule has 1 aromatic carbocycles. The number of aryl methyl sites for hydroxylation is 2. The van der Waals surface area contributed by atoms with Crippen LogP contribution in [0.2, 0.25) is 0 Å². The third kappa shape index (κ3) is 4.03.